The Morgan fingerprint density at radius 1 is 0.939 bits per heavy atom. The molecule has 1 heterocycles. The molecule has 0 saturated heterocycles. The number of hydrogen-bond donors (Lipinski definition) is 2. The van der Waals surface area contributed by atoms with Gasteiger partial charge in [0.15, 0.2) is 28.4 Å². The fourth-order valence-corrected chi connectivity index (χ4v) is 3.70. The number of amides is 1. The van der Waals surface area contributed by atoms with Crippen molar-refractivity contribution in [3.05, 3.63) is 94.3 Å². The first-order chi connectivity index (χ1) is 15.8. The first-order valence-electron chi connectivity index (χ1n) is 9.36. The fraction of sp³-hybridized carbons (Fsp3) is 0.0455. The van der Waals surface area contributed by atoms with Gasteiger partial charge in [-0.1, -0.05) is 36.0 Å². The van der Waals surface area contributed by atoms with Crippen LogP contribution in [0, 0.1) is 29.1 Å². The Balaban J connectivity index is 1.37. The third-order valence-electron chi connectivity index (χ3n) is 4.56. The summed E-state index contributed by atoms with van der Waals surface area (Å²) in [5, 5.41) is 4.04. The van der Waals surface area contributed by atoms with Crippen molar-refractivity contribution in [3.63, 3.8) is 0 Å². The Bertz CT molecular complexity index is 1310. The van der Waals surface area contributed by atoms with Crippen molar-refractivity contribution in [1.82, 2.24) is 15.4 Å². The molecule has 168 valence electrons. The Morgan fingerprint density at radius 3 is 2.24 bits per heavy atom. The number of aromatic amines is 1. The van der Waals surface area contributed by atoms with Crippen molar-refractivity contribution in [2.24, 2.45) is 5.10 Å². The summed E-state index contributed by atoms with van der Waals surface area (Å²) in [5.74, 6) is -10.7. The second kappa shape index (κ2) is 9.41. The van der Waals surface area contributed by atoms with Gasteiger partial charge < -0.3 is 4.98 Å². The molecular formula is C22H13F5N4OS. The molecule has 5 nitrogen and oxygen atoms in total. The molecular weight excluding hydrogens is 463 g/mol. The number of hydrogen-bond acceptors (Lipinski definition) is 4. The molecule has 1 aromatic heterocycles. The van der Waals surface area contributed by atoms with Gasteiger partial charge >= 0.3 is 0 Å². The van der Waals surface area contributed by atoms with Crippen molar-refractivity contribution in [3.8, 4) is 0 Å². The van der Waals surface area contributed by atoms with E-state index in [1.807, 2.05) is 29.7 Å². The minimum atomic E-state index is -2.27. The summed E-state index contributed by atoms with van der Waals surface area (Å²) in [7, 11) is 0. The first kappa shape index (κ1) is 22.5. The highest BCUT2D eigenvalue weighted by Gasteiger charge is 2.24. The molecule has 1 amide bonds. The maximum atomic E-state index is 13.6. The van der Waals surface area contributed by atoms with E-state index in [0.29, 0.717) is 12.0 Å². The number of imidazole rings is 1. The quantitative estimate of drug-likeness (QED) is 0.0989. The summed E-state index contributed by atoms with van der Waals surface area (Å²) in [6.07, 6.45) is 0.354. The zero-order valence-corrected chi connectivity index (χ0v) is 17.3. The third kappa shape index (κ3) is 4.72. The van der Waals surface area contributed by atoms with E-state index >= 15 is 0 Å². The van der Waals surface area contributed by atoms with Gasteiger partial charge in [-0.3, -0.25) is 4.79 Å². The molecule has 0 bridgehead atoms. The number of nitrogens with zero attached hydrogens (tertiary/aromatic N) is 2. The number of thioether (sulfide) groups is 1. The highest BCUT2D eigenvalue weighted by atomic mass is 32.2. The summed E-state index contributed by atoms with van der Waals surface area (Å²) in [4.78, 5) is 19.8. The zero-order valence-electron chi connectivity index (χ0n) is 16.5. The topological polar surface area (TPSA) is 70.1 Å². The van der Waals surface area contributed by atoms with Crippen molar-refractivity contribution in [2.45, 2.75) is 10.9 Å². The second-order valence-corrected chi connectivity index (χ2v) is 7.69. The van der Waals surface area contributed by atoms with Crippen LogP contribution in [0.4, 0.5) is 22.0 Å². The van der Waals surface area contributed by atoms with E-state index in [0.717, 1.165) is 21.8 Å². The lowest BCUT2D eigenvalue weighted by Crippen LogP contribution is -2.18. The molecule has 4 aromatic rings. The smallest absolute Gasteiger partial charge is 0.271 e. The highest BCUT2D eigenvalue weighted by molar-refractivity contribution is 7.98. The normalized spacial score (nSPS) is 11.4. The first-order valence-corrected chi connectivity index (χ1v) is 10.3. The lowest BCUT2D eigenvalue weighted by atomic mass is 10.1. The van der Waals surface area contributed by atoms with Crippen LogP contribution < -0.4 is 5.43 Å². The predicted octanol–water partition coefficient (Wildman–Crippen LogP) is 5.31. The molecule has 0 unspecified atom stereocenters. The average molecular weight is 476 g/mol. The number of fused-ring (bicyclic) bond motifs is 1. The minimum absolute atomic E-state index is 0.182. The molecule has 4 rings (SSSR count). The van der Waals surface area contributed by atoms with Gasteiger partial charge in [-0.15, -0.1) is 0 Å². The van der Waals surface area contributed by atoms with E-state index in [9.17, 15) is 26.7 Å². The molecule has 0 radical (unpaired) electrons. The fourth-order valence-electron chi connectivity index (χ4n) is 2.86. The van der Waals surface area contributed by atoms with Gasteiger partial charge in [0.2, 0.25) is 5.82 Å². The molecule has 0 atom stereocenters. The van der Waals surface area contributed by atoms with E-state index in [1.54, 1.807) is 12.1 Å². The van der Waals surface area contributed by atoms with Crippen molar-refractivity contribution < 1.29 is 26.7 Å². The van der Waals surface area contributed by atoms with Crippen LogP contribution in [0.5, 0.6) is 0 Å². The number of H-pyrrole nitrogens is 1. The van der Waals surface area contributed by atoms with Gasteiger partial charge in [-0.25, -0.2) is 32.4 Å². The largest absolute Gasteiger partial charge is 0.333 e. The van der Waals surface area contributed by atoms with E-state index in [4.69, 9.17) is 0 Å². The average Bonchev–Trinajstić information content (AvgIpc) is 3.25. The van der Waals surface area contributed by atoms with Crippen LogP contribution >= 0.6 is 11.8 Å². The number of rotatable bonds is 6. The number of benzene rings is 3. The number of halogens is 5. The summed E-state index contributed by atoms with van der Waals surface area (Å²) < 4.78 is 66.7. The van der Waals surface area contributed by atoms with Crippen LogP contribution in [0.3, 0.4) is 0 Å². The molecule has 0 spiro atoms. The van der Waals surface area contributed by atoms with Crippen molar-refractivity contribution in [2.75, 3.05) is 0 Å². The van der Waals surface area contributed by atoms with Gasteiger partial charge in [-0.05, 0) is 29.8 Å². The number of hydrazone groups is 1. The van der Waals surface area contributed by atoms with Crippen LogP contribution in [0.2, 0.25) is 0 Å². The van der Waals surface area contributed by atoms with E-state index in [-0.39, 0.29) is 5.56 Å². The molecule has 11 heteroatoms. The monoisotopic (exact) mass is 476 g/mol. The minimum Gasteiger partial charge on any atom is -0.333 e. The Hall–Kier alpha value is -3.73. The van der Waals surface area contributed by atoms with E-state index in [2.05, 4.69) is 15.1 Å². The predicted molar refractivity (Wildman–Crippen MR) is 113 cm³/mol. The maximum absolute atomic E-state index is 13.6. The molecule has 2 N–H and O–H groups in total. The SMILES string of the molecule is O=C(NN=Cc1c(F)c(F)c(F)c(F)c1F)c1ccc(CSc2nc3ccccc3[nH]2)cc1. The van der Waals surface area contributed by atoms with Crippen LogP contribution in [0.15, 0.2) is 58.8 Å². The molecule has 0 aliphatic carbocycles. The summed E-state index contributed by atoms with van der Waals surface area (Å²) in [6, 6.07) is 14.1. The van der Waals surface area contributed by atoms with E-state index in [1.165, 1.54) is 23.9 Å². The molecule has 3 aromatic carbocycles. The molecule has 0 fully saturated rings. The van der Waals surface area contributed by atoms with Crippen LogP contribution in [0.25, 0.3) is 11.0 Å². The van der Waals surface area contributed by atoms with E-state index < -0.39 is 40.6 Å². The number of aromatic nitrogens is 2. The van der Waals surface area contributed by atoms with Gasteiger partial charge in [0.05, 0.1) is 22.8 Å². The highest BCUT2D eigenvalue weighted by Crippen LogP contribution is 2.23. The van der Waals surface area contributed by atoms with Crippen molar-refractivity contribution >= 4 is 34.9 Å². The molecule has 0 aliphatic rings. The second-order valence-electron chi connectivity index (χ2n) is 6.73. The van der Waals surface area contributed by atoms with Gasteiger partial charge in [0.1, 0.15) is 0 Å². The van der Waals surface area contributed by atoms with Gasteiger partial charge in [0, 0.05) is 11.3 Å². The number of nitrogens with one attached hydrogen (secondary N) is 2. The summed E-state index contributed by atoms with van der Waals surface area (Å²) in [5.41, 5.74) is 3.60. The van der Waals surface area contributed by atoms with Crippen LogP contribution in [-0.2, 0) is 5.75 Å². The lowest BCUT2D eigenvalue weighted by Gasteiger charge is -2.05. The Morgan fingerprint density at radius 2 is 1.58 bits per heavy atom. The Labute approximate surface area is 187 Å². The zero-order chi connectivity index (χ0) is 23.5. The van der Waals surface area contributed by atoms with Gasteiger partial charge in [-0.2, -0.15) is 5.10 Å². The number of carbonyl (C=O) groups excluding carboxylic acids is 1. The summed E-state index contributed by atoms with van der Waals surface area (Å²) in [6.45, 7) is 0. The summed E-state index contributed by atoms with van der Waals surface area (Å²) >= 11 is 1.48. The van der Waals surface area contributed by atoms with Gasteiger partial charge in [0.25, 0.3) is 5.91 Å². The molecule has 33 heavy (non-hydrogen) atoms. The van der Waals surface area contributed by atoms with Crippen molar-refractivity contribution in [1.29, 1.82) is 0 Å². The van der Waals surface area contributed by atoms with Crippen LogP contribution in [-0.4, -0.2) is 22.1 Å². The number of carbonyl (C=O) groups is 1. The van der Waals surface area contributed by atoms with Crippen LogP contribution in [0.1, 0.15) is 21.5 Å². The molecule has 0 aliphatic heterocycles. The molecule has 0 saturated carbocycles. The standard InChI is InChI=1S/C22H13F5N4OS/c23-16-13(17(24)19(26)20(27)18(16)25)9-28-31-21(32)12-7-5-11(6-8-12)10-33-22-29-14-3-1-2-4-15(14)30-22/h1-9H,10H2,(H,29,30)(H,31,32). The number of para-hydroxylation sites is 2. The maximum Gasteiger partial charge on any atom is 0.271 e. The Kier molecular flexibility index (Phi) is 6.40. The lowest BCUT2D eigenvalue weighted by molar-refractivity contribution is 0.0955. The third-order valence-corrected chi connectivity index (χ3v) is 5.51.